The Morgan fingerprint density at radius 1 is 1.23 bits per heavy atom. The lowest BCUT2D eigenvalue weighted by Crippen LogP contribution is -2.20. The summed E-state index contributed by atoms with van der Waals surface area (Å²) in [4.78, 5) is 4.22. The molecule has 0 aromatic rings. The number of hydrogen-bond acceptors (Lipinski definition) is 1. The molecule has 0 aromatic carbocycles. The minimum atomic E-state index is 0.817. The molecule has 1 aliphatic heterocycles. The van der Waals surface area contributed by atoms with E-state index in [4.69, 9.17) is 0 Å². The average molecular weight is 177 g/mol. The highest BCUT2D eigenvalue weighted by Gasteiger charge is 2.24. The standard InChI is InChI=1S/C12H19N/c1-10-9-13-8-7-12(10)11-5-3-2-4-6-11/h8-9,11-12H,2-7H2,1H3. The molecule has 1 unspecified atom stereocenters. The first-order valence-electron chi connectivity index (χ1n) is 5.56. The molecule has 0 aromatic heterocycles. The molecule has 1 atom stereocenters. The summed E-state index contributed by atoms with van der Waals surface area (Å²) in [6, 6.07) is 0. The zero-order valence-corrected chi connectivity index (χ0v) is 8.50. The van der Waals surface area contributed by atoms with Crippen LogP contribution in [-0.4, -0.2) is 6.21 Å². The third-order valence-electron chi connectivity index (χ3n) is 3.55. The highest BCUT2D eigenvalue weighted by molar-refractivity contribution is 5.61. The monoisotopic (exact) mass is 177 g/mol. The summed E-state index contributed by atoms with van der Waals surface area (Å²) in [6.07, 6.45) is 12.6. The molecule has 1 fully saturated rings. The third-order valence-corrected chi connectivity index (χ3v) is 3.55. The Morgan fingerprint density at radius 3 is 2.69 bits per heavy atom. The fourth-order valence-corrected chi connectivity index (χ4v) is 2.73. The molecule has 13 heavy (non-hydrogen) atoms. The molecule has 72 valence electrons. The summed E-state index contributed by atoms with van der Waals surface area (Å²) >= 11 is 0. The van der Waals surface area contributed by atoms with Gasteiger partial charge in [-0.05, 0) is 38.0 Å². The Kier molecular flexibility index (Phi) is 2.82. The van der Waals surface area contributed by atoms with E-state index in [2.05, 4.69) is 24.3 Å². The Hall–Kier alpha value is -0.590. The van der Waals surface area contributed by atoms with Crippen LogP contribution in [0, 0.1) is 11.8 Å². The van der Waals surface area contributed by atoms with Crippen LogP contribution in [0.25, 0.3) is 0 Å². The van der Waals surface area contributed by atoms with E-state index in [1.165, 1.54) is 44.1 Å². The minimum Gasteiger partial charge on any atom is -0.269 e. The highest BCUT2D eigenvalue weighted by atomic mass is 14.7. The van der Waals surface area contributed by atoms with Crippen molar-refractivity contribution < 1.29 is 0 Å². The zero-order valence-electron chi connectivity index (χ0n) is 8.50. The van der Waals surface area contributed by atoms with Crippen LogP contribution in [0.3, 0.4) is 0 Å². The average Bonchev–Trinajstić information content (AvgIpc) is 2.20. The molecule has 0 N–H and O–H groups in total. The fraction of sp³-hybridized carbons (Fsp3) is 0.750. The van der Waals surface area contributed by atoms with Crippen LogP contribution in [0.5, 0.6) is 0 Å². The lowest BCUT2D eigenvalue weighted by Gasteiger charge is -2.31. The van der Waals surface area contributed by atoms with Gasteiger partial charge in [-0.2, -0.15) is 0 Å². The number of hydrogen-bond donors (Lipinski definition) is 0. The number of allylic oxidation sites excluding steroid dienone is 1. The van der Waals surface area contributed by atoms with Crippen LogP contribution in [0.1, 0.15) is 45.4 Å². The van der Waals surface area contributed by atoms with Gasteiger partial charge in [0.05, 0.1) is 0 Å². The number of nitrogens with zero attached hydrogens (tertiary/aromatic N) is 1. The van der Waals surface area contributed by atoms with Crippen molar-refractivity contribution in [3.05, 3.63) is 11.8 Å². The molecule has 1 heterocycles. The molecule has 1 saturated carbocycles. The van der Waals surface area contributed by atoms with Gasteiger partial charge in [0.2, 0.25) is 0 Å². The van der Waals surface area contributed by atoms with Gasteiger partial charge in [-0.3, -0.25) is 4.99 Å². The van der Waals surface area contributed by atoms with Crippen LogP contribution in [0.4, 0.5) is 0 Å². The van der Waals surface area contributed by atoms with E-state index in [1.807, 2.05) is 0 Å². The van der Waals surface area contributed by atoms with E-state index in [9.17, 15) is 0 Å². The smallest absolute Gasteiger partial charge is 0.0256 e. The highest BCUT2D eigenvalue weighted by Crippen LogP contribution is 2.36. The van der Waals surface area contributed by atoms with E-state index >= 15 is 0 Å². The first-order chi connectivity index (χ1) is 6.38. The number of rotatable bonds is 1. The van der Waals surface area contributed by atoms with Gasteiger partial charge in [-0.25, -0.2) is 0 Å². The Bertz CT molecular complexity index is 221. The van der Waals surface area contributed by atoms with Crippen LogP contribution in [0.15, 0.2) is 16.8 Å². The largest absolute Gasteiger partial charge is 0.269 e. The maximum absolute atomic E-state index is 4.22. The molecule has 2 aliphatic rings. The molecule has 1 aliphatic carbocycles. The molecule has 0 saturated heterocycles. The van der Waals surface area contributed by atoms with E-state index in [-0.39, 0.29) is 0 Å². The van der Waals surface area contributed by atoms with Crippen molar-refractivity contribution in [3.8, 4) is 0 Å². The summed E-state index contributed by atoms with van der Waals surface area (Å²) in [5.41, 5.74) is 1.51. The molecule has 2 rings (SSSR count). The normalized spacial score (nSPS) is 30.2. The molecule has 1 heteroatoms. The lowest BCUT2D eigenvalue weighted by atomic mass is 9.75. The van der Waals surface area contributed by atoms with Gasteiger partial charge < -0.3 is 0 Å². The lowest BCUT2D eigenvalue weighted by molar-refractivity contribution is 0.280. The van der Waals surface area contributed by atoms with E-state index in [1.54, 1.807) is 0 Å². The van der Waals surface area contributed by atoms with Gasteiger partial charge in [0.25, 0.3) is 0 Å². The van der Waals surface area contributed by atoms with Crippen molar-refractivity contribution >= 4 is 6.21 Å². The van der Waals surface area contributed by atoms with Crippen LogP contribution in [0.2, 0.25) is 0 Å². The van der Waals surface area contributed by atoms with Crippen molar-refractivity contribution in [2.24, 2.45) is 16.8 Å². The molecule has 0 bridgehead atoms. The van der Waals surface area contributed by atoms with Gasteiger partial charge in [-0.15, -0.1) is 0 Å². The van der Waals surface area contributed by atoms with Crippen molar-refractivity contribution in [1.29, 1.82) is 0 Å². The maximum atomic E-state index is 4.22. The van der Waals surface area contributed by atoms with Crippen LogP contribution in [-0.2, 0) is 0 Å². The molecule has 1 nitrogen and oxygen atoms in total. The summed E-state index contributed by atoms with van der Waals surface area (Å²) in [5.74, 6) is 1.77. The predicted octanol–water partition coefficient (Wildman–Crippen LogP) is 3.56. The second kappa shape index (κ2) is 4.08. The first-order valence-corrected chi connectivity index (χ1v) is 5.56. The topological polar surface area (TPSA) is 12.4 Å². The minimum absolute atomic E-state index is 0.817. The van der Waals surface area contributed by atoms with Gasteiger partial charge in [-0.1, -0.05) is 24.8 Å². The molecule has 0 amide bonds. The molecular formula is C12H19N. The Morgan fingerprint density at radius 2 is 2.00 bits per heavy atom. The second-order valence-electron chi connectivity index (χ2n) is 4.45. The summed E-state index contributed by atoms with van der Waals surface area (Å²) in [6.45, 7) is 2.25. The number of aliphatic imine (C=N–C) groups is 1. The van der Waals surface area contributed by atoms with Gasteiger partial charge in [0.15, 0.2) is 0 Å². The Balaban J connectivity index is 1.99. The van der Waals surface area contributed by atoms with Crippen LogP contribution >= 0.6 is 0 Å². The van der Waals surface area contributed by atoms with E-state index in [0.29, 0.717) is 0 Å². The van der Waals surface area contributed by atoms with E-state index in [0.717, 1.165) is 11.8 Å². The molecule has 0 radical (unpaired) electrons. The third kappa shape index (κ3) is 2.01. The summed E-state index contributed by atoms with van der Waals surface area (Å²) < 4.78 is 0. The van der Waals surface area contributed by atoms with Crippen molar-refractivity contribution in [2.75, 3.05) is 0 Å². The van der Waals surface area contributed by atoms with Gasteiger partial charge >= 0.3 is 0 Å². The van der Waals surface area contributed by atoms with Crippen molar-refractivity contribution in [1.82, 2.24) is 0 Å². The Labute approximate surface area is 80.9 Å². The first kappa shape index (κ1) is 8.98. The molecular weight excluding hydrogens is 158 g/mol. The van der Waals surface area contributed by atoms with Gasteiger partial charge in [0.1, 0.15) is 0 Å². The fourth-order valence-electron chi connectivity index (χ4n) is 2.73. The van der Waals surface area contributed by atoms with E-state index < -0.39 is 0 Å². The zero-order chi connectivity index (χ0) is 9.10. The maximum Gasteiger partial charge on any atom is 0.0256 e. The van der Waals surface area contributed by atoms with Gasteiger partial charge in [0, 0.05) is 12.4 Å². The quantitative estimate of drug-likeness (QED) is 0.580. The SMILES string of the molecule is CC1=CN=CCC1C1CCCCC1. The van der Waals surface area contributed by atoms with Crippen molar-refractivity contribution in [2.45, 2.75) is 45.4 Å². The summed E-state index contributed by atoms with van der Waals surface area (Å²) in [5, 5.41) is 0. The molecule has 0 spiro atoms. The predicted molar refractivity (Wildman–Crippen MR) is 56.9 cm³/mol. The van der Waals surface area contributed by atoms with Crippen molar-refractivity contribution in [3.63, 3.8) is 0 Å². The second-order valence-corrected chi connectivity index (χ2v) is 4.45. The summed E-state index contributed by atoms with van der Waals surface area (Å²) in [7, 11) is 0. The van der Waals surface area contributed by atoms with Crippen LogP contribution < -0.4 is 0 Å².